The zero-order chi connectivity index (χ0) is 20.5. The van der Waals surface area contributed by atoms with Gasteiger partial charge < -0.3 is 20.5 Å². The lowest BCUT2D eigenvalue weighted by molar-refractivity contribution is -0.139. The predicted octanol–water partition coefficient (Wildman–Crippen LogP) is 2.98. The summed E-state index contributed by atoms with van der Waals surface area (Å²) >= 11 is 8.09. The highest BCUT2D eigenvalue weighted by Crippen LogP contribution is 2.39. The molecular weight excluding hydrogens is 400 g/mol. The SMILES string of the molecule is COC(=O)C1=C(C)NC=C(C(=O)OCCCSCCN)C1c1ccccc1Cl. The number of benzene rings is 1. The molecule has 28 heavy (non-hydrogen) atoms. The van der Waals surface area contributed by atoms with Crippen LogP contribution in [0.4, 0.5) is 0 Å². The zero-order valence-corrected chi connectivity index (χ0v) is 17.6. The molecule has 0 aliphatic carbocycles. The summed E-state index contributed by atoms with van der Waals surface area (Å²) in [5, 5.41) is 3.43. The van der Waals surface area contributed by atoms with Crippen LogP contribution in [0.15, 0.2) is 47.3 Å². The van der Waals surface area contributed by atoms with E-state index in [9.17, 15) is 9.59 Å². The molecule has 1 atom stereocenters. The van der Waals surface area contributed by atoms with Gasteiger partial charge in [-0.1, -0.05) is 29.8 Å². The second-order valence-electron chi connectivity index (χ2n) is 6.12. The number of nitrogens with one attached hydrogen (secondary N) is 1. The van der Waals surface area contributed by atoms with E-state index in [0.29, 0.717) is 40.6 Å². The van der Waals surface area contributed by atoms with Crippen LogP contribution in [0.3, 0.4) is 0 Å². The van der Waals surface area contributed by atoms with Gasteiger partial charge in [-0.3, -0.25) is 0 Å². The van der Waals surface area contributed by atoms with Gasteiger partial charge in [-0.15, -0.1) is 0 Å². The molecule has 0 saturated carbocycles. The van der Waals surface area contributed by atoms with Crippen molar-refractivity contribution in [3.63, 3.8) is 0 Å². The summed E-state index contributed by atoms with van der Waals surface area (Å²) in [7, 11) is 1.31. The van der Waals surface area contributed by atoms with E-state index in [1.807, 2.05) is 6.07 Å². The molecule has 0 bridgehead atoms. The van der Waals surface area contributed by atoms with Crippen LogP contribution in [0.5, 0.6) is 0 Å². The van der Waals surface area contributed by atoms with Crippen LogP contribution in [0.1, 0.15) is 24.8 Å². The number of dihydropyridines is 1. The van der Waals surface area contributed by atoms with E-state index >= 15 is 0 Å². The Balaban J connectivity index is 2.23. The maximum Gasteiger partial charge on any atom is 0.336 e. The normalized spacial score (nSPS) is 16.3. The molecule has 8 heteroatoms. The molecule has 2 rings (SSSR count). The van der Waals surface area contributed by atoms with Crippen molar-refractivity contribution in [2.75, 3.05) is 31.8 Å². The number of nitrogens with two attached hydrogens (primary N) is 1. The van der Waals surface area contributed by atoms with Crippen molar-refractivity contribution in [3.8, 4) is 0 Å². The largest absolute Gasteiger partial charge is 0.466 e. The first-order chi connectivity index (χ1) is 13.5. The van der Waals surface area contributed by atoms with E-state index in [4.69, 9.17) is 26.8 Å². The van der Waals surface area contributed by atoms with Crippen molar-refractivity contribution in [2.24, 2.45) is 5.73 Å². The van der Waals surface area contributed by atoms with Crippen molar-refractivity contribution in [2.45, 2.75) is 19.3 Å². The second kappa shape index (κ2) is 11.1. The average Bonchev–Trinajstić information content (AvgIpc) is 2.70. The molecule has 0 aromatic heterocycles. The molecular formula is C20H25ClN2O4S. The zero-order valence-electron chi connectivity index (χ0n) is 16.0. The Morgan fingerprint density at radius 3 is 2.68 bits per heavy atom. The predicted molar refractivity (Wildman–Crippen MR) is 112 cm³/mol. The molecule has 1 aliphatic rings. The van der Waals surface area contributed by atoms with Crippen molar-refractivity contribution in [1.82, 2.24) is 5.32 Å². The van der Waals surface area contributed by atoms with Gasteiger partial charge in [0, 0.05) is 29.2 Å². The van der Waals surface area contributed by atoms with E-state index in [-0.39, 0.29) is 0 Å². The molecule has 0 amide bonds. The van der Waals surface area contributed by atoms with Crippen LogP contribution in [-0.2, 0) is 19.1 Å². The molecule has 1 unspecified atom stereocenters. The van der Waals surface area contributed by atoms with Crippen LogP contribution in [-0.4, -0.2) is 43.7 Å². The maximum absolute atomic E-state index is 12.8. The van der Waals surface area contributed by atoms with Gasteiger partial charge in [0.1, 0.15) is 0 Å². The standard InChI is InChI=1S/C20H25ClN2O4S/c1-13-17(20(25)26-2)18(14-6-3-4-7-16(14)21)15(12-23-13)19(24)27-9-5-10-28-11-8-22/h3-4,6-7,12,18,23H,5,8-11,22H2,1-2H3. The Labute approximate surface area is 174 Å². The summed E-state index contributed by atoms with van der Waals surface area (Å²) < 4.78 is 10.4. The number of hydrogen-bond acceptors (Lipinski definition) is 7. The summed E-state index contributed by atoms with van der Waals surface area (Å²) in [4.78, 5) is 25.2. The quantitative estimate of drug-likeness (QED) is 0.465. The summed E-state index contributed by atoms with van der Waals surface area (Å²) in [6.45, 7) is 2.67. The van der Waals surface area contributed by atoms with Gasteiger partial charge in [-0.25, -0.2) is 9.59 Å². The van der Waals surface area contributed by atoms with Crippen molar-refractivity contribution in [3.05, 3.63) is 57.9 Å². The van der Waals surface area contributed by atoms with Gasteiger partial charge in [0.2, 0.25) is 0 Å². The minimum Gasteiger partial charge on any atom is -0.466 e. The Hall–Kier alpha value is -1.96. The minimum absolute atomic E-state index is 0.291. The molecule has 1 aromatic rings. The fourth-order valence-corrected chi connectivity index (χ4v) is 3.84. The molecule has 0 radical (unpaired) electrons. The Morgan fingerprint density at radius 2 is 2.00 bits per heavy atom. The second-order valence-corrected chi connectivity index (χ2v) is 7.75. The maximum atomic E-state index is 12.8. The first kappa shape index (κ1) is 22.3. The lowest BCUT2D eigenvalue weighted by Crippen LogP contribution is -2.29. The van der Waals surface area contributed by atoms with Gasteiger partial charge in [-0.05, 0) is 30.7 Å². The number of thioether (sulfide) groups is 1. The van der Waals surface area contributed by atoms with Crippen molar-refractivity contribution < 1.29 is 19.1 Å². The Morgan fingerprint density at radius 1 is 1.25 bits per heavy atom. The van der Waals surface area contributed by atoms with Crippen molar-refractivity contribution >= 4 is 35.3 Å². The van der Waals surface area contributed by atoms with Crippen LogP contribution in [0.2, 0.25) is 5.02 Å². The first-order valence-corrected chi connectivity index (χ1v) is 10.5. The highest BCUT2D eigenvalue weighted by Gasteiger charge is 2.36. The molecule has 152 valence electrons. The van der Waals surface area contributed by atoms with Gasteiger partial charge in [0.05, 0.1) is 30.8 Å². The molecule has 1 heterocycles. The summed E-state index contributed by atoms with van der Waals surface area (Å²) in [6, 6.07) is 7.12. The fourth-order valence-electron chi connectivity index (χ4n) is 2.90. The number of rotatable bonds is 9. The average molecular weight is 425 g/mol. The van der Waals surface area contributed by atoms with Gasteiger partial charge >= 0.3 is 11.9 Å². The van der Waals surface area contributed by atoms with Crippen molar-refractivity contribution in [1.29, 1.82) is 0 Å². The molecule has 0 spiro atoms. The number of esters is 2. The fraction of sp³-hybridized carbons (Fsp3) is 0.400. The first-order valence-electron chi connectivity index (χ1n) is 8.96. The minimum atomic E-state index is -0.665. The van der Waals surface area contributed by atoms with E-state index < -0.39 is 17.9 Å². The molecule has 3 N–H and O–H groups in total. The smallest absolute Gasteiger partial charge is 0.336 e. The van der Waals surface area contributed by atoms with Gasteiger partial charge in [0.15, 0.2) is 0 Å². The van der Waals surface area contributed by atoms with E-state index in [2.05, 4.69) is 5.32 Å². The third-order valence-electron chi connectivity index (χ3n) is 4.23. The highest BCUT2D eigenvalue weighted by atomic mass is 35.5. The lowest BCUT2D eigenvalue weighted by Gasteiger charge is -2.28. The summed E-state index contributed by atoms with van der Waals surface area (Å²) in [5.74, 6) is 0.0647. The molecule has 6 nitrogen and oxygen atoms in total. The number of halogens is 1. The Bertz CT molecular complexity index is 779. The summed E-state index contributed by atoms with van der Waals surface area (Å²) in [6.07, 6.45) is 2.30. The van der Waals surface area contributed by atoms with Crippen LogP contribution in [0, 0.1) is 0 Å². The number of allylic oxidation sites excluding steroid dienone is 1. The monoisotopic (exact) mass is 424 g/mol. The number of ether oxygens (including phenoxy) is 2. The third kappa shape index (κ3) is 5.53. The van der Waals surface area contributed by atoms with Crippen LogP contribution < -0.4 is 11.1 Å². The van der Waals surface area contributed by atoms with Gasteiger partial charge in [-0.2, -0.15) is 11.8 Å². The highest BCUT2D eigenvalue weighted by molar-refractivity contribution is 7.99. The van der Waals surface area contributed by atoms with Crippen LogP contribution in [0.25, 0.3) is 0 Å². The molecule has 0 saturated heterocycles. The van der Waals surface area contributed by atoms with E-state index in [0.717, 1.165) is 17.9 Å². The molecule has 1 aliphatic heterocycles. The van der Waals surface area contributed by atoms with Crippen LogP contribution >= 0.6 is 23.4 Å². The van der Waals surface area contributed by atoms with E-state index in [1.165, 1.54) is 7.11 Å². The lowest BCUT2D eigenvalue weighted by atomic mass is 9.82. The van der Waals surface area contributed by atoms with E-state index in [1.54, 1.807) is 43.1 Å². The van der Waals surface area contributed by atoms with Gasteiger partial charge in [0.25, 0.3) is 0 Å². The Kier molecular flexibility index (Phi) is 8.89. The third-order valence-corrected chi connectivity index (χ3v) is 5.68. The number of methoxy groups -OCH3 is 1. The topological polar surface area (TPSA) is 90.6 Å². The summed E-state index contributed by atoms with van der Waals surface area (Å²) in [5.41, 5.74) is 7.36. The number of hydrogen-bond donors (Lipinski definition) is 2. The molecule has 0 fully saturated rings. The molecule has 1 aromatic carbocycles. The number of carbonyl (C=O) groups excluding carboxylic acids is 2. The number of carbonyl (C=O) groups is 2.